The summed E-state index contributed by atoms with van der Waals surface area (Å²) in [6.45, 7) is 0. The maximum absolute atomic E-state index is 12.0. The second kappa shape index (κ2) is 3.42. The SMILES string of the molecule is O=CNc1ccnc(C(F)(F)F)c1. The van der Waals surface area contributed by atoms with Crippen molar-refractivity contribution in [3.63, 3.8) is 0 Å². The molecule has 6 heteroatoms. The molecule has 1 aromatic heterocycles. The molecule has 1 rings (SSSR count). The van der Waals surface area contributed by atoms with Gasteiger partial charge in [0.25, 0.3) is 0 Å². The average Bonchev–Trinajstić information content (AvgIpc) is 2.04. The fraction of sp³-hybridized carbons (Fsp3) is 0.143. The number of carbonyl (C=O) groups is 1. The molecule has 3 nitrogen and oxygen atoms in total. The van der Waals surface area contributed by atoms with Crippen LogP contribution in [0.4, 0.5) is 18.9 Å². The molecule has 0 aliphatic rings. The maximum atomic E-state index is 12.0. The summed E-state index contributed by atoms with van der Waals surface area (Å²) in [6.07, 6.45) is -3.20. The molecule has 1 aromatic rings. The fourth-order valence-corrected chi connectivity index (χ4v) is 0.743. The van der Waals surface area contributed by atoms with Crippen molar-refractivity contribution in [1.29, 1.82) is 0 Å². The van der Waals surface area contributed by atoms with Crippen LogP contribution in [0, 0.1) is 0 Å². The number of pyridine rings is 1. The van der Waals surface area contributed by atoms with Crippen molar-refractivity contribution in [3.8, 4) is 0 Å². The molecule has 0 saturated heterocycles. The second-order valence-electron chi connectivity index (χ2n) is 2.19. The van der Waals surface area contributed by atoms with Crippen molar-refractivity contribution in [3.05, 3.63) is 24.0 Å². The molecule has 0 bridgehead atoms. The van der Waals surface area contributed by atoms with E-state index in [1.165, 1.54) is 6.07 Å². The number of hydrogen-bond acceptors (Lipinski definition) is 2. The normalized spacial score (nSPS) is 11.0. The van der Waals surface area contributed by atoms with Crippen LogP contribution in [-0.2, 0) is 11.0 Å². The lowest BCUT2D eigenvalue weighted by molar-refractivity contribution is -0.141. The Bertz CT molecular complexity index is 311. The van der Waals surface area contributed by atoms with Gasteiger partial charge in [-0.1, -0.05) is 0 Å². The maximum Gasteiger partial charge on any atom is 0.433 e. The summed E-state index contributed by atoms with van der Waals surface area (Å²) in [5.41, 5.74) is -0.961. The third kappa shape index (κ3) is 2.43. The molecular weight excluding hydrogens is 185 g/mol. The van der Waals surface area contributed by atoms with Crippen LogP contribution in [0.5, 0.6) is 0 Å². The summed E-state index contributed by atoms with van der Waals surface area (Å²) < 4.78 is 36.1. The highest BCUT2D eigenvalue weighted by Crippen LogP contribution is 2.28. The minimum absolute atomic E-state index is 0.0670. The molecule has 0 radical (unpaired) electrons. The molecule has 70 valence electrons. The van der Waals surface area contributed by atoms with E-state index in [9.17, 15) is 18.0 Å². The Labute approximate surface area is 71.6 Å². The van der Waals surface area contributed by atoms with Crippen LogP contribution in [0.1, 0.15) is 5.69 Å². The van der Waals surface area contributed by atoms with Gasteiger partial charge in [-0.25, -0.2) is 0 Å². The minimum Gasteiger partial charge on any atom is -0.329 e. The molecule has 0 aliphatic carbocycles. The van der Waals surface area contributed by atoms with E-state index in [0.29, 0.717) is 6.41 Å². The predicted octanol–water partition coefficient (Wildman–Crippen LogP) is 1.67. The third-order valence-electron chi connectivity index (χ3n) is 1.28. The van der Waals surface area contributed by atoms with E-state index in [0.717, 1.165) is 12.3 Å². The van der Waals surface area contributed by atoms with Gasteiger partial charge >= 0.3 is 6.18 Å². The summed E-state index contributed by atoms with van der Waals surface area (Å²) in [6, 6.07) is 2.03. The Hall–Kier alpha value is -1.59. The zero-order chi connectivity index (χ0) is 9.90. The number of aromatic nitrogens is 1. The van der Waals surface area contributed by atoms with Crippen molar-refractivity contribution < 1.29 is 18.0 Å². The molecule has 0 unspecified atom stereocenters. The van der Waals surface area contributed by atoms with Crippen LogP contribution in [0.15, 0.2) is 18.3 Å². The number of halogens is 3. The molecule has 0 fully saturated rings. The van der Waals surface area contributed by atoms with E-state index in [2.05, 4.69) is 10.3 Å². The first kappa shape index (κ1) is 9.50. The van der Waals surface area contributed by atoms with Crippen LogP contribution in [0.2, 0.25) is 0 Å². The smallest absolute Gasteiger partial charge is 0.329 e. The molecule has 1 amide bonds. The van der Waals surface area contributed by atoms with E-state index >= 15 is 0 Å². The van der Waals surface area contributed by atoms with Gasteiger partial charge in [0.15, 0.2) is 0 Å². The summed E-state index contributed by atoms with van der Waals surface area (Å²) in [7, 11) is 0. The Morgan fingerprint density at radius 2 is 2.15 bits per heavy atom. The summed E-state index contributed by atoms with van der Waals surface area (Å²) in [4.78, 5) is 13.0. The van der Waals surface area contributed by atoms with Gasteiger partial charge in [0.1, 0.15) is 5.69 Å². The van der Waals surface area contributed by atoms with Gasteiger partial charge in [0.2, 0.25) is 6.41 Å². The molecule has 0 saturated carbocycles. The molecule has 0 atom stereocenters. The summed E-state index contributed by atoms with van der Waals surface area (Å²) >= 11 is 0. The van der Waals surface area contributed by atoms with Crippen molar-refractivity contribution in [2.75, 3.05) is 5.32 Å². The average molecular weight is 190 g/mol. The van der Waals surface area contributed by atoms with E-state index in [1.54, 1.807) is 0 Å². The van der Waals surface area contributed by atoms with E-state index in [-0.39, 0.29) is 5.69 Å². The van der Waals surface area contributed by atoms with Crippen molar-refractivity contribution in [2.45, 2.75) is 6.18 Å². The summed E-state index contributed by atoms with van der Waals surface area (Å²) in [5.74, 6) is 0. The zero-order valence-electron chi connectivity index (χ0n) is 6.30. The number of amides is 1. The molecular formula is C7H5F3N2O. The Balaban J connectivity index is 2.98. The Kier molecular flexibility index (Phi) is 2.50. The standard InChI is InChI=1S/C7H5F3N2O/c8-7(9,10)6-3-5(12-4-13)1-2-11-6/h1-4H,(H,11,12,13). The zero-order valence-corrected chi connectivity index (χ0v) is 6.30. The lowest BCUT2D eigenvalue weighted by Gasteiger charge is -2.06. The van der Waals surface area contributed by atoms with Crippen LogP contribution in [-0.4, -0.2) is 11.4 Å². The van der Waals surface area contributed by atoms with E-state index < -0.39 is 11.9 Å². The fourth-order valence-electron chi connectivity index (χ4n) is 0.743. The van der Waals surface area contributed by atoms with Gasteiger partial charge in [-0.15, -0.1) is 0 Å². The lowest BCUT2D eigenvalue weighted by Crippen LogP contribution is -2.08. The molecule has 0 aliphatic heterocycles. The number of nitrogens with zero attached hydrogens (tertiary/aromatic N) is 1. The van der Waals surface area contributed by atoms with Crippen LogP contribution < -0.4 is 5.32 Å². The van der Waals surface area contributed by atoms with Gasteiger partial charge in [-0.2, -0.15) is 13.2 Å². The first-order valence-electron chi connectivity index (χ1n) is 3.27. The van der Waals surface area contributed by atoms with Crippen LogP contribution in [0.25, 0.3) is 0 Å². The monoisotopic (exact) mass is 190 g/mol. The quantitative estimate of drug-likeness (QED) is 0.720. The lowest BCUT2D eigenvalue weighted by atomic mass is 10.3. The molecule has 0 aromatic carbocycles. The number of carbonyl (C=O) groups excluding carboxylic acids is 1. The Morgan fingerprint density at radius 1 is 1.46 bits per heavy atom. The van der Waals surface area contributed by atoms with Crippen molar-refractivity contribution in [2.24, 2.45) is 0 Å². The number of anilines is 1. The van der Waals surface area contributed by atoms with Crippen LogP contribution in [0.3, 0.4) is 0 Å². The van der Waals surface area contributed by atoms with E-state index in [4.69, 9.17) is 0 Å². The molecule has 0 spiro atoms. The highest BCUT2D eigenvalue weighted by Gasteiger charge is 2.32. The van der Waals surface area contributed by atoms with Crippen molar-refractivity contribution in [1.82, 2.24) is 4.98 Å². The third-order valence-corrected chi connectivity index (χ3v) is 1.28. The van der Waals surface area contributed by atoms with Crippen LogP contribution >= 0.6 is 0 Å². The number of alkyl halides is 3. The molecule has 13 heavy (non-hydrogen) atoms. The van der Waals surface area contributed by atoms with Crippen molar-refractivity contribution >= 4 is 12.1 Å². The van der Waals surface area contributed by atoms with Gasteiger partial charge < -0.3 is 5.32 Å². The van der Waals surface area contributed by atoms with E-state index in [1.807, 2.05) is 0 Å². The van der Waals surface area contributed by atoms with Gasteiger partial charge in [0, 0.05) is 11.9 Å². The second-order valence-corrected chi connectivity index (χ2v) is 2.19. The highest BCUT2D eigenvalue weighted by molar-refractivity contribution is 5.70. The topological polar surface area (TPSA) is 42.0 Å². The van der Waals surface area contributed by atoms with Gasteiger partial charge in [0.05, 0.1) is 0 Å². The van der Waals surface area contributed by atoms with Gasteiger partial charge in [-0.05, 0) is 12.1 Å². The minimum atomic E-state index is -4.49. The Morgan fingerprint density at radius 3 is 2.69 bits per heavy atom. The largest absolute Gasteiger partial charge is 0.433 e. The van der Waals surface area contributed by atoms with Gasteiger partial charge in [-0.3, -0.25) is 9.78 Å². The molecule has 1 heterocycles. The first-order chi connectivity index (χ1) is 6.04. The molecule has 1 N–H and O–H groups in total. The number of rotatable bonds is 2. The summed E-state index contributed by atoms with van der Waals surface area (Å²) in [5, 5.41) is 2.10. The number of nitrogens with one attached hydrogen (secondary N) is 1. The predicted molar refractivity (Wildman–Crippen MR) is 38.9 cm³/mol. The first-order valence-corrected chi connectivity index (χ1v) is 3.27. The highest BCUT2D eigenvalue weighted by atomic mass is 19.4. The number of hydrogen-bond donors (Lipinski definition) is 1.